The van der Waals surface area contributed by atoms with Gasteiger partial charge in [-0.05, 0) is 6.42 Å². The highest BCUT2D eigenvalue weighted by Gasteiger charge is 2.16. The Bertz CT molecular complexity index is 678. The molecular weight excluding hydrogens is 298 g/mol. The Morgan fingerprint density at radius 2 is 2.29 bits per heavy atom. The zero-order valence-electron chi connectivity index (χ0n) is 11.6. The molecule has 9 nitrogen and oxygen atoms in total. The van der Waals surface area contributed by atoms with Crippen LogP contribution in [0.2, 0.25) is 0 Å². The predicted molar refractivity (Wildman–Crippen MR) is 71.9 cm³/mol. The van der Waals surface area contributed by atoms with E-state index in [-0.39, 0.29) is 18.0 Å². The second kappa shape index (κ2) is 6.78. The van der Waals surface area contributed by atoms with E-state index in [0.29, 0.717) is 31.1 Å². The molecule has 21 heavy (non-hydrogen) atoms. The summed E-state index contributed by atoms with van der Waals surface area (Å²) in [5.74, 6) is 0.895. The summed E-state index contributed by atoms with van der Waals surface area (Å²) < 4.78 is 32.8. The number of aliphatic hydroxyl groups is 1. The summed E-state index contributed by atoms with van der Waals surface area (Å²) in [7, 11) is -3.61. The summed E-state index contributed by atoms with van der Waals surface area (Å²) in [5.41, 5.74) is 0. The third-order valence-electron chi connectivity index (χ3n) is 2.68. The lowest BCUT2D eigenvalue weighted by atomic mass is 10.4. The van der Waals surface area contributed by atoms with Gasteiger partial charge in [-0.15, -0.1) is 0 Å². The van der Waals surface area contributed by atoms with Crippen LogP contribution in [0.15, 0.2) is 21.8 Å². The number of nitrogens with zero attached hydrogens (tertiary/aromatic N) is 4. The van der Waals surface area contributed by atoms with E-state index in [4.69, 9.17) is 9.63 Å². The normalized spacial score (nSPS) is 11.9. The molecule has 0 saturated heterocycles. The molecule has 2 N–H and O–H groups in total. The van der Waals surface area contributed by atoms with Gasteiger partial charge < -0.3 is 9.63 Å². The van der Waals surface area contributed by atoms with Crippen molar-refractivity contribution in [1.82, 2.24) is 24.6 Å². The van der Waals surface area contributed by atoms with Crippen molar-refractivity contribution in [2.24, 2.45) is 0 Å². The summed E-state index contributed by atoms with van der Waals surface area (Å²) in [4.78, 5) is 4.08. The Morgan fingerprint density at radius 1 is 1.48 bits per heavy atom. The molecule has 0 bridgehead atoms. The van der Waals surface area contributed by atoms with E-state index in [2.05, 4.69) is 20.0 Å². The fourth-order valence-electron chi connectivity index (χ4n) is 1.66. The molecule has 10 heteroatoms. The molecule has 0 atom stereocenters. The third-order valence-corrected chi connectivity index (χ3v) is 4.09. The van der Waals surface area contributed by atoms with E-state index in [0.717, 1.165) is 0 Å². The molecule has 2 aromatic heterocycles. The van der Waals surface area contributed by atoms with Crippen molar-refractivity contribution in [3.63, 3.8) is 0 Å². The number of aryl methyl sites for hydroxylation is 2. The Hall–Kier alpha value is -1.78. The number of aliphatic hydroxyl groups excluding tert-OH is 1. The van der Waals surface area contributed by atoms with E-state index >= 15 is 0 Å². The van der Waals surface area contributed by atoms with Crippen LogP contribution in [-0.2, 0) is 23.0 Å². The molecule has 2 heterocycles. The van der Waals surface area contributed by atoms with E-state index in [1.807, 2.05) is 0 Å². The maximum atomic E-state index is 12.0. The predicted octanol–water partition coefficient (Wildman–Crippen LogP) is -0.522. The van der Waals surface area contributed by atoms with Crippen LogP contribution in [0.3, 0.4) is 0 Å². The standard InChI is InChI=1S/C11H17N5O4S/c1-9-14-11(15-20-9)3-4-13-21(18,19)10-7-12-16(8-10)5-2-6-17/h7-8,13,17H,2-6H2,1H3. The van der Waals surface area contributed by atoms with E-state index in [1.165, 1.54) is 17.1 Å². The Labute approximate surface area is 122 Å². The van der Waals surface area contributed by atoms with Gasteiger partial charge in [-0.25, -0.2) is 13.1 Å². The average molecular weight is 315 g/mol. The minimum absolute atomic E-state index is 0.0321. The Morgan fingerprint density at radius 3 is 2.95 bits per heavy atom. The largest absolute Gasteiger partial charge is 0.396 e. The van der Waals surface area contributed by atoms with Crippen molar-refractivity contribution in [1.29, 1.82) is 0 Å². The van der Waals surface area contributed by atoms with Gasteiger partial charge in [0.2, 0.25) is 15.9 Å². The molecule has 0 amide bonds. The van der Waals surface area contributed by atoms with Gasteiger partial charge in [-0.3, -0.25) is 4.68 Å². The lowest BCUT2D eigenvalue weighted by Crippen LogP contribution is -2.26. The third kappa shape index (κ3) is 4.34. The first kappa shape index (κ1) is 15.6. The van der Waals surface area contributed by atoms with Gasteiger partial charge in [0.15, 0.2) is 5.82 Å². The molecule has 0 unspecified atom stereocenters. The molecule has 0 spiro atoms. The summed E-state index contributed by atoms with van der Waals surface area (Å²) in [6.07, 6.45) is 3.57. The van der Waals surface area contributed by atoms with Crippen molar-refractivity contribution in [2.75, 3.05) is 13.2 Å². The van der Waals surface area contributed by atoms with Crippen LogP contribution in [0, 0.1) is 6.92 Å². The average Bonchev–Trinajstić information content (AvgIpc) is 3.06. The summed E-state index contributed by atoms with van der Waals surface area (Å²) in [6, 6.07) is 0. The SMILES string of the molecule is Cc1nc(CCNS(=O)(=O)c2cnn(CCCO)c2)no1. The fourth-order valence-corrected chi connectivity index (χ4v) is 2.65. The molecule has 0 fully saturated rings. The first-order chi connectivity index (χ1) is 10.0. The Balaban J connectivity index is 1.90. The first-order valence-corrected chi connectivity index (χ1v) is 7.92. The van der Waals surface area contributed by atoms with Crippen LogP contribution in [0.1, 0.15) is 18.1 Å². The highest BCUT2D eigenvalue weighted by molar-refractivity contribution is 7.89. The minimum Gasteiger partial charge on any atom is -0.396 e. The maximum Gasteiger partial charge on any atom is 0.243 e. The van der Waals surface area contributed by atoms with Crippen molar-refractivity contribution in [3.8, 4) is 0 Å². The van der Waals surface area contributed by atoms with E-state index in [9.17, 15) is 8.42 Å². The lowest BCUT2D eigenvalue weighted by molar-refractivity contribution is 0.277. The molecule has 0 saturated carbocycles. The van der Waals surface area contributed by atoms with Crippen molar-refractivity contribution in [2.45, 2.75) is 31.2 Å². The summed E-state index contributed by atoms with van der Waals surface area (Å²) in [6.45, 7) is 2.34. The quantitative estimate of drug-likeness (QED) is 0.671. The highest BCUT2D eigenvalue weighted by atomic mass is 32.2. The number of sulfonamides is 1. The number of nitrogens with one attached hydrogen (secondary N) is 1. The van der Waals surface area contributed by atoms with E-state index < -0.39 is 10.0 Å². The first-order valence-electron chi connectivity index (χ1n) is 6.43. The maximum absolute atomic E-state index is 12.0. The van der Waals surface area contributed by atoms with Crippen LogP contribution >= 0.6 is 0 Å². The van der Waals surface area contributed by atoms with Crippen LogP contribution in [0.5, 0.6) is 0 Å². The Kier molecular flexibility index (Phi) is 5.04. The number of rotatable bonds is 8. The molecule has 2 rings (SSSR count). The zero-order valence-corrected chi connectivity index (χ0v) is 12.4. The minimum atomic E-state index is -3.61. The van der Waals surface area contributed by atoms with Gasteiger partial charge in [-0.2, -0.15) is 10.1 Å². The topological polar surface area (TPSA) is 123 Å². The molecular formula is C11H17N5O4S. The fraction of sp³-hybridized carbons (Fsp3) is 0.545. The van der Waals surface area contributed by atoms with E-state index in [1.54, 1.807) is 6.92 Å². The van der Waals surface area contributed by atoms with Crippen LogP contribution in [-0.4, -0.2) is 46.6 Å². The van der Waals surface area contributed by atoms with Crippen LogP contribution in [0.4, 0.5) is 0 Å². The molecule has 0 aliphatic heterocycles. The lowest BCUT2D eigenvalue weighted by Gasteiger charge is -2.02. The van der Waals surface area contributed by atoms with Gasteiger partial charge in [0.05, 0.1) is 6.20 Å². The molecule has 2 aromatic rings. The zero-order chi connectivity index (χ0) is 15.3. The van der Waals surface area contributed by atoms with Crippen molar-refractivity contribution in [3.05, 3.63) is 24.1 Å². The summed E-state index contributed by atoms with van der Waals surface area (Å²) >= 11 is 0. The molecule has 0 aromatic carbocycles. The van der Waals surface area contributed by atoms with Crippen molar-refractivity contribution >= 4 is 10.0 Å². The second-order valence-corrected chi connectivity index (χ2v) is 6.16. The van der Waals surface area contributed by atoms with Gasteiger partial charge in [-0.1, -0.05) is 5.16 Å². The van der Waals surface area contributed by atoms with Gasteiger partial charge in [0.1, 0.15) is 4.90 Å². The molecule has 0 radical (unpaired) electrons. The molecule has 0 aliphatic rings. The number of hydrogen-bond donors (Lipinski definition) is 2. The monoisotopic (exact) mass is 315 g/mol. The molecule has 0 aliphatic carbocycles. The highest BCUT2D eigenvalue weighted by Crippen LogP contribution is 2.07. The van der Waals surface area contributed by atoms with Gasteiger partial charge >= 0.3 is 0 Å². The van der Waals surface area contributed by atoms with Gasteiger partial charge in [0, 0.05) is 39.2 Å². The second-order valence-electron chi connectivity index (χ2n) is 4.39. The number of hydrogen-bond acceptors (Lipinski definition) is 7. The molecule has 116 valence electrons. The van der Waals surface area contributed by atoms with Crippen LogP contribution < -0.4 is 4.72 Å². The smallest absolute Gasteiger partial charge is 0.243 e. The van der Waals surface area contributed by atoms with Crippen LogP contribution in [0.25, 0.3) is 0 Å². The van der Waals surface area contributed by atoms with Gasteiger partial charge in [0.25, 0.3) is 0 Å². The summed E-state index contributed by atoms with van der Waals surface area (Å²) in [5, 5.41) is 16.4. The van der Waals surface area contributed by atoms with Crippen molar-refractivity contribution < 1.29 is 18.0 Å². The number of aromatic nitrogens is 4.